The molecule has 2 aromatic carbocycles. The van der Waals surface area contributed by atoms with E-state index in [4.69, 9.17) is 16.3 Å². The minimum absolute atomic E-state index is 0.0659. The second kappa shape index (κ2) is 7.37. The third-order valence-electron chi connectivity index (χ3n) is 3.80. The summed E-state index contributed by atoms with van der Waals surface area (Å²) in [6.07, 6.45) is 0. The molecule has 27 heavy (non-hydrogen) atoms. The predicted octanol–water partition coefficient (Wildman–Crippen LogP) is 3.10. The van der Waals surface area contributed by atoms with Crippen molar-refractivity contribution in [2.24, 2.45) is 4.99 Å². The number of ether oxygens (including phenoxy) is 1. The number of nitrogens with zero attached hydrogens (tertiary/aromatic N) is 3. The fourth-order valence-electron chi connectivity index (χ4n) is 2.36. The van der Waals surface area contributed by atoms with E-state index >= 15 is 0 Å². The zero-order valence-electron chi connectivity index (χ0n) is 14.1. The van der Waals surface area contributed by atoms with Crippen LogP contribution in [0.4, 0.5) is 5.69 Å². The highest BCUT2D eigenvalue weighted by Crippen LogP contribution is 2.27. The molecule has 0 fully saturated rings. The number of nitro groups is 1. The first-order valence-electron chi connectivity index (χ1n) is 7.70. The van der Waals surface area contributed by atoms with Crippen LogP contribution in [0.2, 0.25) is 0 Å². The molecule has 1 aliphatic heterocycles. The molecule has 0 amide bonds. The minimum atomic E-state index is -4.03. The van der Waals surface area contributed by atoms with Gasteiger partial charge in [0, 0.05) is 24.7 Å². The van der Waals surface area contributed by atoms with E-state index in [0.29, 0.717) is 5.56 Å². The lowest BCUT2D eigenvalue weighted by Gasteiger charge is -2.26. The van der Waals surface area contributed by atoms with E-state index in [0.717, 1.165) is 28.6 Å². The third-order valence-corrected chi connectivity index (χ3v) is 5.84. The van der Waals surface area contributed by atoms with Crippen molar-refractivity contribution in [3.8, 4) is 0 Å². The Balaban J connectivity index is 1.89. The number of hydrogen-bond donors (Lipinski definition) is 0. The summed E-state index contributed by atoms with van der Waals surface area (Å²) in [5.41, 5.74) is 0.474. The van der Waals surface area contributed by atoms with Crippen LogP contribution in [0.15, 0.2) is 75.4 Å². The molecule has 8 nitrogen and oxygen atoms in total. The highest BCUT2D eigenvalue weighted by atomic mass is 35.5. The highest BCUT2D eigenvalue weighted by molar-refractivity contribution is 7.89. The Morgan fingerprint density at radius 2 is 1.78 bits per heavy atom. The molecule has 2 aromatic rings. The molecule has 0 saturated carbocycles. The van der Waals surface area contributed by atoms with E-state index in [9.17, 15) is 18.5 Å². The second-order valence-electron chi connectivity index (χ2n) is 5.52. The molecule has 1 heterocycles. The van der Waals surface area contributed by atoms with E-state index in [1.807, 2.05) is 6.07 Å². The lowest BCUT2D eigenvalue weighted by Crippen LogP contribution is -2.31. The van der Waals surface area contributed by atoms with E-state index in [1.54, 1.807) is 24.3 Å². The van der Waals surface area contributed by atoms with Crippen molar-refractivity contribution in [3.63, 3.8) is 0 Å². The summed E-state index contributed by atoms with van der Waals surface area (Å²) in [4.78, 5) is 14.2. The van der Waals surface area contributed by atoms with Crippen LogP contribution < -0.4 is 0 Å². The summed E-state index contributed by atoms with van der Waals surface area (Å²) in [6, 6.07) is 13.6. The summed E-state index contributed by atoms with van der Waals surface area (Å²) in [6.45, 7) is 0.0707. The molecule has 3 rings (SSSR count). The Morgan fingerprint density at radius 3 is 2.37 bits per heavy atom. The first-order valence-corrected chi connectivity index (χ1v) is 9.52. The molecule has 0 bridgehead atoms. The van der Waals surface area contributed by atoms with Gasteiger partial charge in [0.25, 0.3) is 15.7 Å². The van der Waals surface area contributed by atoms with Crippen molar-refractivity contribution in [1.29, 1.82) is 0 Å². The fourth-order valence-corrected chi connectivity index (χ4v) is 3.80. The van der Waals surface area contributed by atoms with E-state index < -0.39 is 14.9 Å². The predicted molar refractivity (Wildman–Crippen MR) is 99.9 cm³/mol. The Morgan fingerprint density at radius 1 is 1.15 bits per heavy atom. The number of aliphatic imine (C=N–C) groups is 1. The number of hydrogen-bond acceptors (Lipinski definition) is 6. The molecule has 10 heteroatoms. The van der Waals surface area contributed by atoms with Crippen LogP contribution in [-0.2, 0) is 14.8 Å². The summed E-state index contributed by atoms with van der Waals surface area (Å²) >= 11 is 6.14. The third kappa shape index (κ3) is 3.79. The minimum Gasteiger partial charge on any atom is -0.420 e. The maximum Gasteiger partial charge on any atom is 0.269 e. The van der Waals surface area contributed by atoms with Crippen LogP contribution in [0.25, 0.3) is 0 Å². The molecule has 0 radical (unpaired) electrons. The van der Waals surface area contributed by atoms with Gasteiger partial charge < -0.3 is 4.74 Å². The largest absolute Gasteiger partial charge is 0.420 e. The van der Waals surface area contributed by atoms with Gasteiger partial charge in [0.15, 0.2) is 0 Å². The molecule has 0 saturated heterocycles. The van der Waals surface area contributed by atoms with Crippen LogP contribution in [0.3, 0.4) is 0 Å². The van der Waals surface area contributed by atoms with Gasteiger partial charge >= 0.3 is 0 Å². The first-order chi connectivity index (χ1) is 12.8. The second-order valence-corrected chi connectivity index (χ2v) is 7.95. The normalized spacial score (nSPS) is 14.4. The summed E-state index contributed by atoms with van der Waals surface area (Å²) in [5, 5.41) is 10.9. The van der Waals surface area contributed by atoms with Crippen LogP contribution in [0, 0.1) is 10.1 Å². The standard InChI is InChI=1S/C17H14ClN3O5S/c1-20(27(24,25)14-9-7-13(8-10-14)21(22)23)17-15(18)11-19-16(26-17)12-5-3-2-4-6-12/h2-10H,11H2,1H3. The Hall–Kier alpha value is -2.91. The van der Waals surface area contributed by atoms with Crippen molar-refractivity contribution >= 4 is 33.2 Å². The molecule has 0 atom stereocenters. The molecular weight excluding hydrogens is 394 g/mol. The van der Waals surface area contributed by atoms with Gasteiger partial charge in [-0.05, 0) is 24.3 Å². The smallest absolute Gasteiger partial charge is 0.269 e. The van der Waals surface area contributed by atoms with Crippen molar-refractivity contribution in [3.05, 3.63) is 81.2 Å². The summed E-state index contributed by atoms with van der Waals surface area (Å²) in [5.74, 6) is 0.185. The van der Waals surface area contributed by atoms with Gasteiger partial charge in [-0.2, -0.15) is 0 Å². The molecule has 0 unspecified atom stereocenters. The van der Waals surface area contributed by atoms with Gasteiger partial charge in [-0.15, -0.1) is 0 Å². The number of nitro benzene ring substituents is 1. The molecule has 140 valence electrons. The average Bonchev–Trinajstić information content (AvgIpc) is 2.68. The first kappa shape index (κ1) is 18.9. The van der Waals surface area contributed by atoms with Crippen molar-refractivity contribution < 1.29 is 18.1 Å². The monoisotopic (exact) mass is 407 g/mol. The fraction of sp³-hybridized carbons (Fsp3) is 0.118. The van der Waals surface area contributed by atoms with Crippen molar-refractivity contribution in [1.82, 2.24) is 4.31 Å². The molecule has 0 N–H and O–H groups in total. The lowest BCUT2D eigenvalue weighted by molar-refractivity contribution is -0.384. The van der Waals surface area contributed by atoms with Crippen LogP contribution in [0.1, 0.15) is 5.56 Å². The van der Waals surface area contributed by atoms with Crippen LogP contribution in [0.5, 0.6) is 0 Å². The summed E-state index contributed by atoms with van der Waals surface area (Å²) < 4.78 is 32.2. The lowest BCUT2D eigenvalue weighted by atomic mass is 10.2. The average molecular weight is 408 g/mol. The van der Waals surface area contributed by atoms with Gasteiger partial charge in [-0.3, -0.25) is 10.1 Å². The molecule has 0 aromatic heterocycles. The van der Waals surface area contributed by atoms with Crippen LogP contribution >= 0.6 is 11.6 Å². The van der Waals surface area contributed by atoms with Gasteiger partial charge in [0.2, 0.25) is 11.8 Å². The van der Waals surface area contributed by atoms with Crippen molar-refractivity contribution in [2.75, 3.05) is 13.6 Å². The van der Waals surface area contributed by atoms with Gasteiger partial charge in [-0.1, -0.05) is 29.8 Å². The van der Waals surface area contributed by atoms with Gasteiger partial charge in [-0.25, -0.2) is 17.7 Å². The molecular formula is C17H14ClN3O5S. The Labute approximate surface area is 160 Å². The number of halogens is 1. The number of benzene rings is 2. The summed E-state index contributed by atoms with van der Waals surface area (Å²) in [7, 11) is -2.74. The SMILES string of the molecule is CN(C1=C(Cl)CN=C(c2ccccc2)O1)S(=O)(=O)c1ccc([N+](=O)[O-])cc1. The Bertz CT molecular complexity index is 1030. The zero-order valence-corrected chi connectivity index (χ0v) is 15.6. The number of sulfonamides is 1. The van der Waals surface area contributed by atoms with E-state index in [-0.39, 0.29) is 33.9 Å². The zero-order chi connectivity index (χ0) is 19.6. The number of rotatable bonds is 5. The number of non-ortho nitro benzene ring substituents is 1. The van der Waals surface area contributed by atoms with E-state index in [2.05, 4.69) is 4.99 Å². The van der Waals surface area contributed by atoms with E-state index in [1.165, 1.54) is 7.05 Å². The maximum atomic E-state index is 12.8. The quantitative estimate of drug-likeness (QED) is 0.559. The van der Waals surface area contributed by atoms with Crippen molar-refractivity contribution in [2.45, 2.75) is 4.90 Å². The van der Waals surface area contributed by atoms with Gasteiger partial charge in [0.05, 0.1) is 16.4 Å². The highest BCUT2D eigenvalue weighted by Gasteiger charge is 2.30. The topological polar surface area (TPSA) is 102 Å². The molecule has 0 spiro atoms. The van der Waals surface area contributed by atoms with Crippen LogP contribution in [-0.4, -0.2) is 37.1 Å². The molecule has 1 aliphatic rings. The molecule has 0 aliphatic carbocycles. The Kier molecular flexibility index (Phi) is 5.15. The van der Waals surface area contributed by atoms with Gasteiger partial charge in [0.1, 0.15) is 5.03 Å². The maximum absolute atomic E-state index is 12.8.